The van der Waals surface area contributed by atoms with Crippen LogP contribution in [0.4, 0.5) is 0 Å². The normalized spacial score (nSPS) is 35.1. The van der Waals surface area contributed by atoms with E-state index in [1.54, 1.807) is 0 Å². The Balaban J connectivity index is 1.79. The predicted molar refractivity (Wildman–Crippen MR) is 49.2 cm³/mol. The van der Waals surface area contributed by atoms with Crippen LogP contribution in [0.3, 0.4) is 0 Å². The number of halogens is 1. The van der Waals surface area contributed by atoms with Gasteiger partial charge in [0.25, 0.3) is 0 Å². The van der Waals surface area contributed by atoms with Gasteiger partial charge in [-0.1, -0.05) is 12.8 Å². The lowest BCUT2D eigenvalue weighted by Crippen LogP contribution is -2.21. The molecule has 3 heteroatoms. The van der Waals surface area contributed by atoms with Gasteiger partial charge in [-0.15, -0.1) is 11.8 Å². The molecule has 1 saturated heterocycles. The first-order valence-corrected chi connectivity index (χ1v) is 5.73. The van der Waals surface area contributed by atoms with Gasteiger partial charge in [0.2, 0.25) is 0 Å². The Bertz CT molecular complexity index is 127. The second-order valence-electron chi connectivity index (χ2n) is 3.23. The third-order valence-electron chi connectivity index (χ3n) is 2.22. The average Bonchev–Trinajstić information content (AvgIpc) is 2.62. The van der Waals surface area contributed by atoms with E-state index in [2.05, 4.69) is 20.1 Å². The van der Waals surface area contributed by atoms with Crippen molar-refractivity contribution in [1.29, 1.82) is 0 Å². The minimum absolute atomic E-state index is 0.831. The maximum Gasteiger partial charge on any atom is 0.0553 e. The molecular weight excluding hydrogens is 210 g/mol. The van der Waals surface area contributed by atoms with Crippen molar-refractivity contribution in [3.05, 3.63) is 0 Å². The number of nitrogens with zero attached hydrogens (tertiary/aromatic N) is 1. The topological polar surface area (TPSA) is 3.24 Å². The summed E-state index contributed by atoms with van der Waals surface area (Å²) in [6, 6.07) is 0.831. The molecule has 0 spiro atoms. The van der Waals surface area contributed by atoms with E-state index >= 15 is 0 Å². The first kappa shape index (κ1) is 7.44. The lowest BCUT2D eigenvalue weighted by Gasteiger charge is -2.14. The second-order valence-corrected chi connectivity index (χ2v) is 5.14. The van der Waals surface area contributed by atoms with Crippen molar-refractivity contribution in [1.82, 2.24) is 3.93 Å². The Morgan fingerprint density at radius 3 is 2.80 bits per heavy atom. The fourth-order valence-corrected chi connectivity index (χ4v) is 3.40. The summed E-state index contributed by atoms with van der Waals surface area (Å²) in [5, 5.41) is 0. The Morgan fingerprint density at radius 1 is 1.50 bits per heavy atom. The zero-order chi connectivity index (χ0) is 6.97. The molecule has 0 amide bonds. The van der Waals surface area contributed by atoms with E-state index in [9.17, 15) is 0 Å². The molecule has 0 aromatic rings. The van der Waals surface area contributed by atoms with E-state index in [-0.39, 0.29) is 0 Å². The summed E-state index contributed by atoms with van der Waals surface area (Å²) in [4.78, 5) is 0. The van der Waals surface area contributed by atoms with Crippen LogP contribution in [-0.2, 0) is 0 Å². The number of hydrogen-bond donors (Lipinski definition) is 0. The van der Waals surface area contributed by atoms with E-state index in [4.69, 9.17) is 0 Å². The minimum Gasteiger partial charge on any atom is -0.229 e. The molecule has 0 bridgehead atoms. The summed E-state index contributed by atoms with van der Waals surface area (Å²) in [7, 11) is 0. The van der Waals surface area contributed by atoms with Crippen LogP contribution in [0.1, 0.15) is 19.3 Å². The van der Waals surface area contributed by atoms with Gasteiger partial charge in [0.1, 0.15) is 0 Å². The standard InChI is InChI=1S/C7H12BrNS/c8-9-5-10-4-7(9)3-6-1-2-6/h6-7H,1-5H2. The van der Waals surface area contributed by atoms with Crippen molar-refractivity contribution >= 4 is 27.9 Å². The third-order valence-corrected chi connectivity index (χ3v) is 4.47. The van der Waals surface area contributed by atoms with Crippen LogP contribution in [-0.4, -0.2) is 21.6 Å². The van der Waals surface area contributed by atoms with Crippen molar-refractivity contribution in [2.75, 3.05) is 11.6 Å². The molecule has 0 N–H and O–H groups in total. The van der Waals surface area contributed by atoms with Crippen molar-refractivity contribution in [3.8, 4) is 0 Å². The van der Waals surface area contributed by atoms with E-state index in [0.717, 1.165) is 12.0 Å². The van der Waals surface area contributed by atoms with Crippen LogP contribution >= 0.6 is 27.9 Å². The van der Waals surface area contributed by atoms with Gasteiger partial charge in [-0.2, -0.15) is 0 Å². The Labute approximate surface area is 74.9 Å². The SMILES string of the molecule is BrN1CSCC1CC1CC1. The molecule has 0 aromatic heterocycles. The molecule has 1 heterocycles. The molecule has 0 radical (unpaired) electrons. The van der Waals surface area contributed by atoms with Gasteiger partial charge < -0.3 is 0 Å². The average molecular weight is 222 g/mol. The monoisotopic (exact) mass is 221 g/mol. The van der Waals surface area contributed by atoms with Gasteiger partial charge in [0.15, 0.2) is 0 Å². The van der Waals surface area contributed by atoms with Gasteiger partial charge in [0.05, 0.1) is 5.88 Å². The molecule has 1 saturated carbocycles. The van der Waals surface area contributed by atoms with Gasteiger partial charge in [-0.25, -0.2) is 3.93 Å². The highest BCUT2D eigenvalue weighted by Crippen LogP contribution is 2.38. The van der Waals surface area contributed by atoms with Crippen LogP contribution in [0, 0.1) is 5.92 Å². The smallest absolute Gasteiger partial charge is 0.0553 e. The van der Waals surface area contributed by atoms with Crippen molar-refractivity contribution in [2.45, 2.75) is 25.3 Å². The van der Waals surface area contributed by atoms with E-state index in [0.29, 0.717) is 0 Å². The fourth-order valence-electron chi connectivity index (χ4n) is 1.38. The van der Waals surface area contributed by atoms with Gasteiger partial charge >= 0.3 is 0 Å². The van der Waals surface area contributed by atoms with Crippen molar-refractivity contribution in [2.24, 2.45) is 5.92 Å². The molecule has 1 atom stereocenters. The maximum absolute atomic E-state index is 3.57. The van der Waals surface area contributed by atoms with E-state index in [1.165, 1.54) is 30.9 Å². The van der Waals surface area contributed by atoms with Crippen LogP contribution in [0.25, 0.3) is 0 Å². The highest BCUT2D eigenvalue weighted by atomic mass is 79.9. The zero-order valence-corrected chi connectivity index (χ0v) is 8.33. The molecule has 1 nitrogen and oxygen atoms in total. The fraction of sp³-hybridized carbons (Fsp3) is 1.00. The summed E-state index contributed by atoms with van der Waals surface area (Å²) >= 11 is 5.61. The second kappa shape index (κ2) is 3.03. The van der Waals surface area contributed by atoms with Gasteiger partial charge in [-0.05, 0) is 12.3 Å². The highest BCUT2D eigenvalue weighted by molar-refractivity contribution is 9.07. The first-order chi connectivity index (χ1) is 4.86. The molecule has 58 valence electrons. The number of thioether (sulfide) groups is 1. The van der Waals surface area contributed by atoms with E-state index < -0.39 is 0 Å². The summed E-state index contributed by atoms with van der Waals surface area (Å²) in [6.45, 7) is 0. The lowest BCUT2D eigenvalue weighted by atomic mass is 10.2. The van der Waals surface area contributed by atoms with Crippen LogP contribution in [0.2, 0.25) is 0 Å². The molecule has 1 aliphatic carbocycles. The minimum atomic E-state index is 0.831. The van der Waals surface area contributed by atoms with Gasteiger partial charge in [-0.3, -0.25) is 0 Å². The third kappa shape index (κ3) is 1.69. The number of hydrogen-bond acceptors (Lipinski definition) is 2. The quantitative estimate of drug-likeness (QED) is 0.660. The molecule has 1 aliphatic heterocycles. The summed E-state index contributed by atoms with van der Waals surface area (Å²) in [5.41, 5.74) is 0. The Morgan fingerprint density at radius 2 is 2.30 bits per heavy atom. The van der Waals surface area contributed by atoms with Crippen molar-refractivity contribution < 1.29 is 0 Å². The van der Waals surface area contributed by atoms with Crippen LogP contribution in [0.15, 0.2) is 0 Å². The molecule has 10 heavy (non-hydrogen) atoms. The summed E-state index contributed by atoms with van der Waals surface area (Å²) in [6.07, 6.45) is 4.41. The first-order valence-electron chi connectivity index (χ1n) is 3.86. The zero-order valence-electron chi connectivity index (χ0n) is 5.92. The Hall–Kier alpha value is 0.790. The molecule has 2 rings (SSSR count). The van der Waals surface area contributed by atoms with Crippen LogP contribution < -0.4 is 0 Å². The van der Waals surface area contributed by atoms with E-state index in [1.807, 2.05) is 11.8 Å². The number of rotatable bonds is 2. The predicted octanol–water partition coefficient (Wildman–Crippen LogP) is 2.47. The summed E-state index contributed by atoms with van der Waals surface area (Å²) in [5.74, 6) is 3.59. The summed E-state index contributed by atoms with van der Waals surface area (Å²) < 4.78 is 2.32. The molecule has 0 aromatic carbocycles. The van der Waals surface area contributed by atoms with Crippen LogP contribution in [0.5, 0.6) is 0 Å². The molecular formula is C7H12BrNS. The maximum atomic E-state index is 3.57. The largest absolute Gasteiger partial charge is 0.229 e. The molecule has 1 unspecified atom stereocenters. The molecule has 2 aliphatic rings. The lowest BCUT2D eigenvalue weighted by molar-refractivity contribution is 0.420. The molecule has 2 fully saturated rings. The Kier molecular flexibility index (Phi) is 2.26. The van der Waals surface area contributed by atoms with Gasteiger partial charge in [0, 0.05) is 27.9 Å². The highest BCUT2D eigenvalue weighted by Gasteiger charge is 2.30. The van der Waals surface area contributed by atoms with Crippen molar-refractivity contribution in [3.63, 3.8) is 0 Å².